The highest BCUT2D eigenvalue weighted by atomic mass is 31.2. The van der Waals surface area contributed by atoms with Crippen molar-refractivity contribution in [2.24, 2.45) is 5.92 Å². The number of esters is 4. The number of phosphoric ester groups is 2. The molecule has 6 atom stereocenters. The fourth-order valence-corrected chi connectivity index (χ4v) is 13.3. The minimum atomic E-state index is -4.96. The largest absolute Gasteiger partial charge is 0.472 e. The molecule has 0 aromatic rings. The van der Waals surface area contributed by atoms with Gasteiger partial charge >= 0.3 is 39.5 Å². The normalized spacial score (nSPS) is 14.2. The maximum atomic E-state index is 13.1. The quantitative estimate of drug-likeness (QED) is 0.0222. The van der Waals surface area contributed by atoms with Crippen molar-refractivity contribution in [2.45, 2.75) is 419 Å². The van der Waals surface area contributed by atoms with Crippen LogP contribution in [0.1, 0.15) is 401 Å². The number of rotatable bonds is 76. The molecule has 0 heterocycles. The van der Waals surface area contributed by atoms with Gasteiger partial charge in [-0.1, -0.05) is 349 Å². The zero-order valence-corrected chi connectivity index (χ0v) is 63.6. The van der Waals surface area contributed by atoms with Crippen molar-refractivity contribution in [3.8, 4) is 0 Å². The Morgan fingerprint density at radius 1 is 0.295 bits per heavy atom. The molecule has 0 aliphatic heterocycles. The predicted molar refractivity (Wildman–Crippen MR) is 386 cm³/mol. The van der Waals surface area contributed by atoms with Crippen LogP contribution >= 0.6 is 15.6 Å². The molecule has 3 N–H and O–H groups in total. The number of aliphatic hydroxyl groups is 1. The molecular formula is C76H148O17P2. The van der Waals surface area contributed by atoms with Gasteiger partial charge in [0.15, 0.2) is 12.2 Å². The standard InChI is InChI=1S/C76H148O17P2/c1-6-10-13-16-19-22-24-26-28-33-36-40-45-50-55-60-74(79)87-66-72(93-76(81)62-57-52-47-42-38-34-30-29-31-35-39-43-48-53-58-69(5)9-4)68-91-95(84,85)89-64-70(77)63-88-94(82,83)90-67-71(65-86-73(78)59-54-49-44-21-18-15-12-8-3)92-75(80)61-56-51-46-41-37-32-27-25-23-20-17-14-11-7-2/h69-72,77H,6-68H2,1-5H3,(H,82,83)(H,84,85)/t69?,70-,71+,72+/m0/s1. The summed E-state index contributed by atoms with van der Waals surface area (Å²) in [5.41, 5.74) is 0. The van der Waals surface area contributed by atoms with Crippen molar-refractivity contribution in [2.75, 3.05) is 39.6 Å². The Bertz CT molecular complexity index is 1820. The van der Waals surface area contributed by atoms with Gasteiger partial charge in [-0.2, -0.15) is 0 Å². The van der Waals surface area contributed by atoms with Crippen LogP contribution in [0.3, 0.4) is 0 Å². The lowest BCUT2D eigenvalue weighted by molar-refractivity contribution is -0.161. The van der Waals surface area contributed by atoms with Crippen LogP contribution in [-0.4, -0.2) is 96.7 Å². The van der Waals surface area contributed by atoms with E-state index < -0.39 is 97.5 Å². The molecular weight excluding hydrogens is 1250 g/mol. The van der Waals surface area contributed by atoms with E-state index in [-0.39, 0.29) is 25.7 Å². The van der Waals surface area contributed by atoms with Crippen molar-refractivity contribution < 1.29 is 80.2 Å². The van der Waals surface area contributed by atoms with Crippen molar-refractivity contribution in [1.29, 1.82) is 0 Å². The van der Waals surface area contributed by atoms with E-state index in [0.717, 1.165) is 102 Å². The van der Waals surface area contributed by atoms with Crippen LogP contribution < -0.4 is 0 Å². The molecule has 0 saturated carbocycles. The van der Waals surface area contributed by atoms with Gasteiger partial charge in [-0.3, -0.25) is 37.3 Å². The van der Waals surface area contributed by atoms with Gasteiger partial charge in [0.05, 0.1) is 26.4 Å². The number of hydrogen-bond donors (Lipinski definition) is 3. The molecule has 0 aliphatic rings. The minimum absolute atomic E-state index is 0.108. The van der Waals surface area contributed by atoms with E-state index in [1.807, 2.05) is 0 Å². The van der Waals surface area contributed by atoms with Gasteiger partial charge in [0.2, 0.25) is 0 Å². The molecule has 0 radical (unpaired) electrons. The second-order valence-corrected chi connectivity index (χ2v) is 30.5. The van der Waals surface area contributed by atoms with Crippen LogP contribution in [0, 0.1) is 5.92 Å². The maximum absolute atomic E-state index is 13.1. The van der Waals surface area contributed by atoms with Gasteiger partial charge in [-0.05, 0) is 31.6 Å². The second-order valence-electron chi connectivity index (χ2n) is 27.6. The summed E-state index contributed by atoms with van der Waals surface area (Å²) >= 11 is 0. The fraction of sp³-hybridized carbons (Fsp3) is 0.947. The van der Waals surface area contributed by atoms with Gasteiger partial charge in [0.25, 0.3) is 0 Å². The lowest BCUT2D eigenvalue weighted by Crippen LogP contribution is -2.30. The smallest absolute Gasteiger partial charge is 0.462 e. The SMILES string of the molecule is CCCCCCCCCCCCCCCCCC(=O)OC[C@H](COP(=O)(O)OC[C@@H](O)COP(=O)(O)OC[C@@H](COC(=O)CCCCCCCCCC)OC(=O)CCCCCCCCCCCCCCCC)OC(=O)CCCCCCCCCCCCCCCCC(C)CC. The van der Waals surface area contributed by atoms with Gasteiger partial charge in [-0.25, -0.2) is 9.13 Å². The number of carbonyl (C=O) groups excluding carboxylic acids is 4. The van der Waals surface area contributed by atoms with Crippen LogP contribution in [-0.2, 0) is 65.4 Å². The van der Waals surface area contributed by atoms with Crippen LogP contribution in [0.2, 0.25) is 0 Å². The lowest BCUT2D eigenvalue weighted by Gasteiger charge is -2.21. The first-order chi connectivity index (χ1) is 46.1. The van der Waals surface area contributed by atoms with Crippen molar-refractivity contribution in [1.82, 2.24) is 0 Å². The number of unbranched alkanes of at least 4 members (excludes halogenated alkanes) is 47. The number of carbonyl (C=O) groups is 4. The Morgan fingerprint density at radius 2 is 0.505 bits per heavy atom. The number of hydrogen-bond acceptors (Lipinski definition) is 15. The zero-order chi connectivity index (χ0) is 69.8. The Hall–Kier alpha value is -1.94. The molecule has 0 aromatic carbocycles. The summed E-state index contributed by atoms with van der Waals surface area (Å²) in [5, 5.41) is 10.6. The van der Waals surface area contributed by atoms with E-state index in [4.69, 9.17) is 37.0 Å². The van der Waals surface area contributed by atoms with E-state index in [1.54, 1.807) is 0 Å². The molecule has 564 valence electrons. The van der Waals surface area contributed by atoms with E-state index in [9.17, 15) is 43.2 Å². The molecule has 0 amide bonds. The fourth-order valence-electron chi connectivity index (χ4n) is 11.7. The van der Waals surface area contributed by atoms with E-state index in [2.05, 4.69) is 34.6 Å². The third-order valence-corrected chi connectivity index (χ3v) is 20.0. The lowest BCUT2D eigenvalue weighted by atomic mass is 9.99. The van der Waals surface area contributed by atoms with Gasteiger partial charge in [-0.15, -0.1) is 0 Å². The summed E-state index contributed by atoms with van der Waals surface area (Å²) in [6.07, 6.45) is 58.1. The van der Waals surface area contributed by atoms with Crippen LogP contribution in [0.15, 0.2) is 0 Å². The molecule has 0 saturated heterocycles. The Morgan fingerprint density at radius 3 is 0.747 bits per heavy atom. The molecule has 0 spiro atoms. The first kappa shape index (κ1) is 93.1. The molecule has 0 aromatic heterocycles. The zero-order valence-electron chi connectivity index (χ0n) is 61.8. The number of phosphoric acid groups is 2. The highest BCUT2D eigenvalue weighted by molar-refractivity contribution is 7.47. The van der Waals surface area contributed by atoms with Gasteiger partial charge in [0, 0.05) is 25.7 Å². The van der Waals surface area contributed by atoms with Crippen LogP contribution in [0.25, 0.3) is 0 Å². The monoisotopic (exact) mass is 1400 g/mol. The second kappa shape index (κ2) is 69.2. The van der Waals surface area contributed by atoms with E-state index >= 15 is 0 Å². The topological polar surface area (TPSA) is 237 Å². The van der Waals surface area contributed by atoms with Crippen LogP contribution in [0.4, 0.5) is 0 Å². The highest BCUT2D eigenvalue weighted by Crippen LogP contribution is 2.45. The average Bonchev–Trinajstić information content (AvgIpc) is 1.73. The summed E-state index contributed by atoms with van der Waals surface area (Å²) < 4.78 is 68.5. The van der Waals surface area contributed by atoms with Gasteiger partial charge < -0.3 is 33.8 Å². The molecule has 0 fully saturated rings. The predicted octanol–water partition coefficient (Wildman–Crippen LogP) is 22.5. The molecule has 17 nitrogen and oxygen atoms in total. The van der Waals surface area contributed by atoms with Crippen molar-refractivity contribution in [3.63, 3.8) is 0 Å². The molecule has 3 unspecified atom stereocenters. The first-order valence-electron chi connectivity index (χ1n) is 39.7. The third kappa shape index (κ3) is 69.0. The van der Waals surface area contributed by atoms with E-state index in [0.29, 0.717) is 25.7 Å². The first-order valence-corrected chi connectivity index (χ1v) is 42.7. The summed E-state index contributed by atoms with van der Waals surface area (Å²) in [4.78, 5) is 72.7. The maximum Gasteiger partial charge on any atom is 0.472 e. The number of ether oxygens (including phenoxy) is 4. The summed E-state index contributed by atoms with van der Waals surface area (Å²) in [6, 6.07) is 0. The highest BCUT2D eigenvalue weighted by Gasteiger charge is 2.30. The molecule has 95 heavy (non-hydrogen) atoms. The third-order valence-electron chi connectivity index (χ3n) is 18.1. The summed E-state index contributed by atoms with van der Waals surface area (Å²) in [5.74, 6) is -1.27. The number of aliphatic hydroxyl groups excluding tert-OH is 1. The average molecular weight is 1400 g/mol. The molecule has 0 rings (SSSR count). The minimum Gasteiger partial charge on any atom is -0.462 e. The van der Waals surface area contributed by atoms with Crippen molar-refractivity contribution >= 4 is 39.5 Å². The van der Waals surface area contributed by atoms with Crippen LogP contribution in [0.5, 0.6) is 0 Å². The Kier molecular flexibility index (Phi) is 67.7. The van der Waals surface area contributed by atoms with Crippen molar-refractivity contribution in [3.05, 3.63) is 0 Å². The molecule has 0 aliphatic carbocycles. The van der Waals surface area contributed by atoms with E-state index in [1.165, 1.54) is 218 Å². The molecule has 0 bridgehead atoms. The molecule has 19 heteroatoms. The van der Waals surface area contributed by atoms with Gasteiger partial charge in [0.1, 0.15) is 19.3 Å². The summed E-state index contributed by atoms with van der Waals surface area (Å²) in [7, 11) is -9.91. The summed E-state index contributed by atoms with van der Waals surface area (Å²) in [6.45, 7) is 7.33. The Balaban J connectivity index is 5.21. The Labute approximate surface area is 581 Å².